The minimum atomic E-state index is -0.0150. The Labute approximate surface area is 146 Å². The maximum absolute atomic E-state index is 10.9. The third-order valence-corrected chi connectivity index (χ3v) is 4.42. The summed E-state index contributed by atoms with van der Waals surface area (Å²) in [6.45, 7) is 10.8. The molecule has 0 heterocycles. The van der Waals surface area contributed by atoms with Crippen molar-refractivity contribution in [3.63, 3.8) is 0 Å². The number of carbonyl (C=O) groups excluding carboxylic acids is 1. The Morgan fingerprint density at radius 1 is 1.00 bits per heavy atom. The van der Waals surface area contributed by atoms with E-state index in [1.54, 1.807) is 0 Å². The first-order valence-corrected chi connectivity index (χ1v) is 8.90. The number of hydrogen-bond acceptors (Lipinski definition) is 2. The second-order valence-corrected chi connectivity index (χ2v) is 5.96. The highest BCUT2D eigenvalue weighted by atomic mass is 16.1. The molecule has 1 aromatic rings. The lowest BCUT2D eigenvalue weighted by atomic mass is 9.76. The molecule has 0 aromatic heterocycles. The highest BCUT2D eigenvalue weighted by molar-refractivity contribution is 5.80. The SMILES string of the molecule is CCNC(=NCC(CC)(CC)c1ccccc1)NCCNC(C)=O. The summed E-state index contributed by atoms with van der Waals surface area (Å²) in [5.74, 6) is 0.781. The zero-order valence-electron chi connectivity index (χ0n) is 15.5. The van der Waals surface area contributed by atoms with E-state index in [1.807, 2.05) is 0 Å². The van der Waals surface area contributed by atoms with Crippen LogP contribution in [0.15, 0.2) is 35.3 Å². The van der Waals surface area contributed by atoms with Crippen LogP contribution in [0.3, 0.4) is 0 Å². The number of benzene rings is 1. The van der Waals surface area contributed by atoms with Gasteiger partial charge in [0.15, 0.2) is 5.96 Å². The van der Waals surface area contributed by atoms with E-state index in [2.05, 4.69) is 67.1 Å². The van der Waals surface area contributed by atoms with Crippen molar-refractivity contribution in [2.45, 2.75) is 46.0 Å². The van der Waals surface area contributed by atoms with E-state index in [-0.39, 0.29) is 11.3 Å². The molecule has 0 saturated heterocycles. The summed E-state index contributed by atoms with van der Waals surface area (Å²) in [5.41, 5.74) is 1.40. The lowest BCUT2D eigenvalue weighted by Crippen LogP contribution is -2.42. The van der Waals surface area contributed by atoms with Gasteiger partial charge in [-0.05, 0) is 25.3 Å². The fourth-order valence-corrected chi connectivity index (χ4v) is 2.76. The number of hydrogen-bond donors (Lipinski definition) is 3. The molecule has 1 rings (SSSR count). The van der Waals surface area contributed by atoms with Crippen molar-refractivity contribution in [1.82, 2.24) is 16.0 Å². The predicted molar refractivity (Wildman–Crippen MR) is 101 cm³/mol. The second-order valence-electron chi connectivity index (χ2n) is 5.96. The van der Waals surface area contributed by atoms with Crippen molar-refractivity contribution >= 4 is 11.9 Å². The summed E-state index contributed by atoms with van der Waals surface area (Å²) in [6, 6.07) is 10.6. The molecule has 0 aliphatic carbocycles. The zero-order chi connectivity index (χ0) is 17.8. The molecule has 0 bridgehead atoms. The molecule has 134 valence electrons. The van der Waals surface area contributed by atoms with Crippen molar-refractivity contribution in [3.05, 3.63) is 35.9 Å². The molecule has 0 fully saturated rings. The van der Waals surface area contributed by atoms with Crippen molar-refractivity contribution in [3.8, 4) is 0 Å². The summed E-state index contributed by atoms with van der Waals surface area (Å²) < 4.78 is 0. The molecule has 0 radical (unpaired) electrons. The fourth-order valence-electron chi connectivity index (χ4n) is 2.76. The van der Waals surface area contributed by atoms with Crippen LogP contribution in [0.1, 0.15) is 46.1 Å². The van der Waals surface area contributed by atoms with E-state index in [1.165, 1.54) is 12.5 Å². The molecule has 3 N–H and O–H groups in total. The summed E-state index contributed by atoms with van der Waals surface area (Å²) >= 11 is 0. The number of aliphatic imine (C=N–C) groups is 1. The third kappa shape index (κ3) is 6.22. The van der Waals surface area contributed by atoms with E-state index in [0.29, 0.717) is 13.1 Å². The van der Waals surface area contributed by atoms with Gasteiger partial charge in [0.25, 0.3) is 0 Å². The highest BCUT2D eigenvalue weighted by Gasteiger charge is 2.28. The van der Waals surface area contributed by atoms with Crippen LogP contribution in [-0.4, -0.2) is 38.0 Å². The maximum atomic E-state index is 10.9. The molecule has 0 atom stereocenters. The molecular formula is C19H32N4O. The number of rotatable bonds is 9. The molecule has 24 heavy (non-hydrogen) atoms. The molecule has 0 spiro atoms. The number of nitrogens with one attached hydrogen (secondary N) is 3. The summed E-state index contributed by atoms with van der Waals surface area (Å²) in [6.07, 6.45) is 2.09. The van der Waals surface area contributed by atoms with Crippen molar-refractivity contribution < 1.29 is 4.79 Å². The van der Waals surface area contributed by atoms with Gasteiger partial charge in [-0.2, -0.15) is 0 Å². The van der Waals surface area contributed by atoms with Gasteiger partial charge in [0.1, 0.15) is 0 Å². The van der Waals surface area contributed by atoms with Gasteiger partial charge >= 0.3 is 0 Å². The molecule has 5 nitrogen and oxygen atoms in total. The van der Waals surface area contributed by atoms with Crippen LogP contribution in [0.25, 0.3) is 0 Å². The zero-order valence-corrected chi connectivity index (χ0v) is 15.5. The van der Waals surface area contributed by atoms with Gasteiger partial charge < -0.3 is 16.0 Å². The largest absolute Gasteiger partial charge is 0.357 e. The molecule has 0 unspecified atom stereocenters. The summed E-state index contributed by atoms with van der Waals surface area (Å²) in [4.78, 5) is 15.7. The Balaban J connectivity index is 2.78. The Morgan fingerprint density at radius 3 is 2.17 bits per heavy atom. The first-order chi connectivity index (χ1) is 11.6. The lowest BCUT2D eigenvalue weighted by Gasteiger charge is -2.31. The Bertz CT molecular complexity index is 509. The van der Waals surface area contributed by atoms with Crippen LogP contribution >= 0.6 is 0 Å². The molecular weight excluding hydrogens is 300 g/mol. The number of amides is 1. The van der Waals surface area contributed by atoms with Crippen LogP contribution in [0.5, 0.6) is 0 Å². The summed E-state index contributed by atoms with van der Waals surface area (Å²) in [7, 11) is 0. The van der Waals surface area contributed by atoms with E-state index in [4.69, 9.17) is 4.99 Å². The van der Waals surface area contributed by atoms with Gasteiger partial charge in [-0.3, -0.25) is 9.79 Å². The van der Waals surface area contributed by atoms with Crippen molar-refractivity contribution in [1.29, 1.82) is 0 Å². The molecule has 5 heteroatoms. The minimum absolute atomic E-state index is 0.0150. The van der Waals surface area contributed by atoms with Gasteiger partial charge in [0.2, 0.25) is 5.91 Å². The quantitative estimate of drug-likeness (QED) is 0.370. The van der Waals surface area contributed by atoms with Crippen molar-refractivity contribution in [2.24, 2.45) is 4.99 Å². The lowest BCUT2D eigenvalue weighted by molar-refractivity contribution is -0.118. The molecule has 0 aliphatic heterocycles. The topological polar surface area (TPSA) is 65.5 Å². The molecule has 1 amide bonds. The van der Waals surface area contributed by atoms with Gasteiger partial charge in [-0.25, -0.2) is 0 Å². The average molecular weight is 332 g/mol. The van der Waals surface area contributed by atoms with Crippen LogP contribution in [0.2, 0.25) is 0 Å². The van der Waals surface area contributed by atoms with Crippen molar-refractivity contribution in [2.75, 3.05) is 26.2 Å². The standard InChI is InChI=1S/C19H32N4O/c1-5-19(6-2,17-11-9-8-10-12-17)15-23-18(20-7-3)22-14-13-21-16(4)24/h8-12H,5-7,13-15H2,1-4H3,(H,21,24)(H2,20,22,23). The van der Waals surface area contributed by atoms with Gasteiger partial charge in [0.05, 0.1) is 6.54 Å². The van der Waals surface area contributed by atoms with E-state index in [0.717, 1.165) is 31.9 Å². The van der Waals surface area contributed by atoms with Gasteiger partial charge in [0, 0.05) is 32.0 Å². The first-order valence-electron chi connectivity index (χ1n) is 8.90. The van der Waals surface area contributed by atoms with Gasteiger partial charge in [-0.15, -0.1) is 0 Å². The summed E-state index contributed by atoms with van der Waals surface area (Å²) in [5, 5.41) is 9.32. The Hall–Kier alpha value is -2.04. The Kier molecular flexibility index (Phi) is 8.90. The fraction of sp³-hybridized carbons (Fsp3) is 0.579. The minimum Gasteiger partial charge on any atom is -0.357 e. The molecule has 0 aliphatic rings. The van der Waals surface area contributed by atoms with Crippen LogP contribution in [0, 0.1) is 0 Å². The van der Waals surface area contributed by atoms with E-state index >= 15 is 0 Å². The average Bonchev–Trinajstić information content (AvgIpc) is 2.60. The normalized spacial score (nSPS) is 11.9. The number of nitrogens with zero attached hydrogens (tertiary/aromatic N) is 1. The first kappa shape index (κ1) is 20.0. The monoisotopic (exact) mass is 332 g/mol. The second kappa shape index (κ2) is 10.7. The Morgan fingerprint density at radius 2 is 1.62 bits per heavy atom. The van der Waals surface area contributed by atoms with Gasteiger partial charge in [-0.1, -0.05) is 44.2 Å². The van der Waals surface area contributed by atoms with E-state index in [9.17, 15) is 4.79 Å². The third-order valence-electron chi connectivity index (χ3n) is 4.42. The number of carbonyl (C=O) groups is 1. The highest BCUT2D eigenvalue weighted by Crippen LogP contribution is 2.31. The predicted octanol–water partition coefficient (Wildman–Crippen LogP) is 2.44. The van der Waals surface area contributed by atoms with Crippen LogP contribution in [0.4, 0.5) is 0 Å². The van der Waals surface area contributed by atoms with E-state index < -0.39 is 0 Å². The molecule has 1 aromatic carbocycles. The molecule has 0 saturated carbocycles. The maximum Gasteiger partial charge on any atom is 0.216 e. The van der Waals surface area contributed by atoms with Crippen LogP contribution in [-0.2, 0) is 10.2 Å². The van der Waals surface area contributed by atoms with Crippen LogP contribution < -0.4 is 16.0 Å². The smallest absolute Gasteiger partial charge is 0.216 e. The number of guanidine groups is 1.